The molecule has 0 radical (unpaired) electrons. The number of aromatic carboxylic acids is 1. The highest BCUT2D eigenvalue weighted by Gasteiger charge is 2.18. The maximum absolute atomic E-state index is 11.6. The number of rotatable bonds is 5. The van der Waals surface area contributed by atoms with E-state index in [1.807, 2.05) is 4.89 Å². The van der Waals surface area contributed by atoms with Crippen LogP contribution in [0.1, 0.15) is 22.8 Å². The van der Waals surface area contributed by atoms with Gasteiger partial charge in [0, 0.05) is 0 Å². The lowest BCUT2D eigenvalue weighted by Crippen LogP contribution is -2.22. The van der Waals surface area contributed by atoms with E-state index in [2.05, 4.69) is 4.84 Å². The SMILES string of the molecule is CCc1ccc(S(=O)(=O)NOC)cc1C(=O)O. The Hall–Kier alpha value is -1.44. The fourth-order valence-corrected chi connectivity index (χ4v) is 2.22. The van der Waals surface area contributed by atoms with Crippen molar-refractivity contribution < 1.29 is 23.2 Å². The predicted molar refractivity (Wildman–Crippen MR) is 60.1 cm³/mol. The van der Waals surface area contributed by atoms with Crippen molar-refractivity contribution in [2.45, 2.75) is 18.2 Å². The molecular formula is C10H13NO5S. The third-order valence-electron chi connectivity index (χ3n) is 2.20. The molecule has 0 amide bonds. The van der Waals surface area contributed by atoms with E-state index in [0.717, 1.165) is 13.2 Å². The van der Waals surface area contributed by atoms with Gasteiger partial charge in [-0.2, -0.15) is 0 Å². The molecule has 0 aromatic heterocycles. The van der Waals surface area contributed by atoms with Gasteiger partial charge in [-0.25, -0.2) is 13.2 Å². The van der Waals surface area contributed by atoms with Gasteiger partial charge in [0.25, 0.3) is 10.0 Å². The molecule has 0 atom stereocenters. The topological polar surface area (TPSA) is 92.7 Å². The zero-order valence-electron chi connectivity index (χ0n) is 9.43. The number of carbonyl (C=O) groups is 1. The van der Waals surface area contributed by atoms with Gasteiger partial charge >= 0.3 is 5.97 Å². The number of benzene rings is 1. The summed E-state index contributed by atoms with van der Waals surface area (Å²) in [5.74, 6) is -1.16. The lowest BCUT2D eigenvalue weighted by molar-refractivity contribution is 0.0695. The molecule has 0 saturated carbocycles. The van der Waals surface area contributed by atoms with Gasteiger partial charge in [0.2, 0.25) is 0 Å². The molecule has 1 aromatic carbocycles. The van der Waals surface area contributed by atoms with Gasteiger partial charge in [0.1, 0.15) is 0 Å². The first kappa shape index (κ1) is 13.6. The molecule has 0 heterocycles. The molecule has 0 unspecified atom stereocenters. The fraction of sp³-hybridized carbons (Fsp3) is 0.300. The van der Waals surface area contributed by atoms with Crippen LogP contribution in [0.15, 0.2) is 23.1 Å². The highest BCUT2D eigenvalue weighted by molar-refractivity contribution is 7.89. The molecule has 2 N–H and O–H groups in total. The molecule has 94 valence electrons. The molecule has 0 aliphatic heterocycles. The zero-order valence-corrected chi connectivity index (χ0v) is 10.2. The summed E-state index contributed by atoms with van der Waals surface area (Å²) in [6, 6.07) is 3.93. The van der Waals surface area contributed by atoms with Gasteiger partial charge in [-0.15, -0.1) is 0 Å². The minimum Gasteiger partial charge on any atom is -0.478 e. The molecule has 7 heteroatoms. The second-order valence-electron chi connectivity index (χ2n) is 3.27. The lowest BCUT2D eigenvalue weighted by Gasteiger charge is -2.08. The molecule has 0 aliphatic carbocycles. The summed E-state index contributed by atoms with van der Waals surface area (Å²) in [7, 11) is -2.66. The third-order valence-corrected chi connectivity index (χ3v) is 3.46. The Morgan fingerprint density at radius 3 is 2.59 bits per heavy atom. The van der Waals surface area contributed by atoms with Crippen molar-refractivity contribution in [3.05, 3.63) is 29.3 Å². The normalized spacial score (nSPS) is 11.4. The first-order valence-corrected chi connectivity index (χ1v) is 6.31. The van der Waals surface area contributed by atoms with Gasteiger partial charge in [0.15, 0.2) is 0 Å². The van der Waals surface area contributed by atoms with E-state index in [-0.39, 0.29) is 10.5 Å². The minimum absolute atomic E-state index is 0.0218. The van der Waals surface area contributed by atoms with E-state index in [0.29, 0.717) is 12.0 Å². The highest BCUT2D eigenvalue weighted by Crippen LogP contribution is 2.16. The van der Waals surface area contributed by atoms with Crippen molar-refractivity contribution >= 4 is 16.0 Å². The monoisotopic (exact) mass is 259 g/mol. The van der Waals surface area contributed by atoms with E-state index in [4.69, 9.17) is 5.11 Å². The minimum atomic E-state index is -3.83. The first-order chi connectivity index (χ1) is 7.92. The standard InChI is InChI=1S/C10H13NO5S/c1-3-7-4-5-8(6-9(7)10(12)13)17(14,15)11-16-2/h4-6,11H,3H2,1-2H3,(H,12,13). The first-order valence-electron chi connectivity index (χ1n) is 4.83. The van der Waals surface area contributed by atoms with E-state index >= 15 is 0 Å². The van der Waals surface area contributed by atoms with Crippen LogP contribution in [0.2, 0.25) is 0 Å². The van der Waals surface area contributed by atoms with Crippen molar-refractivity contribution in [3.8, 4) is 0 Å². The Morgan fingerprint density at radius 2 is 2.12 bits per heavy atom. The van der Waals surface area contributed by atoms with Crippen LogP contribution in [0.5, 0.6) is 0 Å². The van der Waals surface area contributed by atoms with E-state index in [9.17, 15) is 13.2 Å². The van der Waals surface area contributed by atoms with Crippen LogP contribution in [-0.4, -0.2) is 26.6 Å². The van der Waals surface area contributed by atoms with Crippen LogP contribution in [0, 0.1) is 0 Å². The second-order valence-corrected chi connectivity index (χ2v) is 4.91. The maximum atomic E-state index is 11.6. The Labute approximate surface area is 99.2 Å². The average molecular weight is 259 g/mol. The Morgan fingerprint density at radius 1 is 1.47 bits per heavy atom. The number of nitrogens with one attached hydrogen (secondary N) is 1. The van der Waals surface area contributed by atoms with Gasteiger partial charge in [-0.3, -0.25) is 4.84 Å². The third kappa shape index (κ3) is 3.02. The molecule has 1 rings (SSSR count). The van der Waals surface area contributed by atoms with Crippen molar-refractivity contribution in [2.75, 3.05) is 7.11 Å². The average Bonchev–Trinajstić information content (AvgIpc) is 2.28. The van der Waals surface area contributed by atoms with Crippen LogP contribution in [0.3, 0.4) is 0 Å². The number of hydrogen-bond acceptors (Lipinski definition) is 4. The van der Waals surface area contributed by atoms with Crippen molar-refractivity contribution in [1.82, 2.24) is 4.89 Å². The summed E-state index contributed by atoms with van der Waals surface area (Å²) >= 11 is 0. The largest absolute Gasteiger partial charge is 0.478 e. The quantitative estimate of drug-likeness (QED) is 0.762. The molecule has 0 spiro atoms. The van der Waals surface area contributed by atoms with Crippen molar-refractivity contribution in [3.63, 3.8) is 0 Å². The molecule has 6 nitrogen and oxygen atoms in total. The van der Waals surface area contributed by atoms with Crippen molar-refractivity contribution in [1.29, 1.82) is 0 Å². The Kier molecular flexibility index (Phi) is 4.22. The smallest absolute Gasteiger partial charge is 0.336 e. The van der Waals surface area contributed by atoms with Crippen molar-refractivity contribution in [2.24, 2.45) is 0 Å². The molecule has 0 aliphatic rings. The fourth-order valence-electron chi connectivity index (χ4n) is 1.39. The number of carboxylic acids is 1. The van der Waals surface area contributed by atoms with Gasteiger partial charge in [-0.1, -0.05) is 17.9 Å². The van der Waals surface area contributed by atoms with E-state index in [1.165, 1.54) is 12.1 Å². The maximum Gasteiger partial charge on any atom is 0.336 e. The number of aryl methyl sites for hydroxylation is 1. The summed E-state index contributed by atoms with van der Waals surface area (Å²) < 4.78 is 23.2. The lowest BCUT2D eigenvalue weighted by atomic mass is 10.1. The van der Waals surface area contributed by atoms with E-state index < -0.39 is 16.0 Å². The van der Waals surface area contributed by atoms with Crippen LogP contribution < -0.4 is 4.89 Å². The highest BCUT2D eigenvalue weighted by atomic mass is 32.2. The molecule has 0 bridgehead atoms. The van der Waals surface area contributed by atoms with Gasteiger partial charge in [0.05, 0.1) is 17.6 Å². The van der Waals surface area contributed by atoms with Crippen LogP contribution in [-0.2, 0) is 21.3 Å². The Bertz CT molecular complexity index is 523. The summed E-state index contributed by atoms with van der Waals surface area (Å²) in [5, 5.41) is 8.97. The molecule has 1 aromatic rings. The summed E-state index contributed by atoms with van der Waals surface area (Å²) in [5.41, 5.74) is 0.556. The Balaban J connectivity index is 3.31. The van der Waals surface area contributed by atoms with Gasteiger partial charge < -0.3 is 5.11 Å². The number of sulfonamides is 1. The number of hydrogen-bond donors (Lipinski definition) is 2. The van der Waals surface area contributed by atoms with Crippen LogP contribution in [0.25, 0.3) is 0 Å². The summed E-state index contributed by atoms with van der Waals surface area (Å²) in [6.45, 7) is 1.79. The van der Waals surface area contributed by atoms with Gasteiger partial charge in [-0.05, 0) is 24.1 Å². The molecule has 0 fully saturated rings. The van der Waals surface area contributed by atoms with E-state index in [1.54, 1.807) is 6.92 Å². The zero-order chi connectivity index (χ0) is 13.1. The number of carboxylic acid groups (broad SMARTS) is 1. The van der Waals surface area contributed by atoms with Crippen LogP contribution in [0.4, 0.5) is 0 Å². The molecule has 0 saturated heterocycles. The molecule has 17 heavy (non-hydrogen) atoms. The summed E-state index contributed by atoms with van der Waals surface area (Å²) in [4.78, 5) is 17.0. The van der Waals surface area contributed by atoms with Crippen LogP contribution >= 0.6 is 0 Å². The second kappa shape index (κ2) is 5.26. The molecular weight excluding hydrogens is 246 g/mol. The predicted octanol–water partition coefficient (Wildman–Crippen LogP) is 0.787. The summed E-state index contributed by atoms with van der Waals surface area (Å²) in [6.07, 6.45) is 0.514.